The molecule has 1 atom stereocenters. The van der Waals surface area contributed by atoms with Crippen molar-refractivity contribution in [1.82, 2.24) is 4.31 Å². The summed E-state index contributed by atoms with van der Waals surface area (Å²) in [5, 5.41) is 20.1. The van der Waals surface area contributed by atoms with Gasteiger partial charge in [0, 0.05) is 26.3 Å². The number of aromatic hydroxyl groups is 1. The second kappa shape index (κ2) is 5.96. The number of hydrogen-bond acceptors (Lipinski definition) is 6. The van der Waals surface area contributed by atoms with Crippen molar-refractivity contribution in [2.24, 2.45) is 0 Å². The topological polar surface area (TPSA) is 110 Å². The van der Waals surface area contributed by atoms with Gasteiger partial charge in [0.2, 0.25) is 10.0 Å². The number of nitrogens with zero attached hydrogens (tertiary/aromatic N) is 2. The first kappa shape index (κ1) is 15.7. The van der Waals surface area contributed by atoms with Crippen LogP contribution in [-0.4, -0.2) is 49.1 Å². The molecular formula is C12H16N2O6S. The Morgan fingerprint density at radius 2 is 2.24 bits per heavy atom. The van der Waals surface area contributed by atoms with Crippen molar-refractivity contribution in [2.75, 3.05) is 20.2 Å². The Morgan fingerprint density at radius 3 is 2.81 bits per heavy atom. The van der Waals surface area contributed by atoms with Gasteiger partial charge in [-0.3, -0.25) is 10.1 Å². The minimum Gasteiger partial charge on any atom is -0.502 e. The van der Waals surface area contributed by atoms with Gasteiger partial charge in [-0.25, -0.2) is 8.42 Å². The van der Waals surface area contributed by atoms with Gasteiger partial charge in [-0.05, 0) is 25.0 Å². The van der Waals surface area contributed by atoms with E-state index in [1.54, 1.807) is 0 Å². The fourth-order valence-corrected chi connectivity index (χ4v) is 3.39. The highest BCUT2D eigenvalue weighted by molar-refractivity contribution is 7.89. The van der Waals surface area contributed by atoms with E-state index in [0.717, 1.165) is 35.3 Å². The average molecular weight is 316 g/mol. The Labute approximate surface area is 122 Å². The van der Waals surface area contributed by atoms with E-state index in [1.807, 2.05) is 0 Å². The van der Waals surface area contributed by atoms with E-state index in [0.29, 0.717) is 6.61 Å². The lowest BCUT2D eigenvalue weighted by atomic mass is 10.2. The van der Waals surface area contributed by atoms with Gasteiger partial charge >= 0.3 is 5.69 Å². The standard InChI is InChI=1S/C12H16N2O6S/c1-13(8-9-3-2-6-20-9)21(18,19)10-4-5-12(15)11(7-10)14(16)17/h4-5,7,9,15H,2-3,6,8H2,1H3. The first-order chi connectivity index (χ1) is 9.82. The third kappa shape index (κ3) is 3.31. The molecule has 1 saturated heterocycles. The predicted molar refractivity (Wildman–Crippen MR) is 73.6 cm³/mol. The molecule has 1 fully saturated rings. The molecule has 1 aromatic rings. The lowest BCUT2D eigenvalue weighted by molar-refractivity contribution is -0.386. The molecule has 0 aromatic heterocycles. The van der Waals surface area contributed by atoms with Gasteiger partial charge < -0.3 is 9.84 Å². The zero-order valence-corrected chi connectivity index (χ0v) is 12.2. The molecule has 1 aromatic carbocycles. The van der Waals surface area contributed by atoms with E-state index >= 15 is 0 Å². The zero-order chi connectivity index (χ0) is 15.6. The number of phenols is 1. The van der Waals surface area contributed by atoms with Crippen molar-refractivity contribution in [3.8, 4) is 5.75 Å². The molecule has 8 nitrogen and oxygen atoms in total. The highest BCUT2D eigenvalue weighted by Gasteiger charge is 2.28. The Morgan fingerprint density at radius 1 is 1.52 bits per heavy atom. The third-order valence-electron chi connectivity index (χ3n) is 3.34. The van der Waals surface area contributed by atoms with Gasteiger partial charge in [-0.2, -0.15) is 4.31 Å². The molecule has 1 N–H and O–H groups in total. The maximum absolute atomic E-state index is 12.4. The number of hydrogen-bond donors (Lipinski definition) is 1. The van der Waals surface area contributed by atoms with Crippen LogP contribution in [0, 0.1) is 10.1 Å². The van der Waals surface area contributed by atoms with E-state index in [2.05, 4.69) is 0 Å². The minimum absolute atomic E-state index is 0.156. The molecule has 2 rings (SSSR count). The first-order valence-electron chi connectivity index (χ1n) is 6.37. The van der Waals surface area contributed by atoms with Crippen molar-refractivity contribution in [3.63, 3.8) is 0 Å². The lowest BCUT2D eigenvalue weighted by Gasteiger charge is -2.20. The maximum atomic E-state index is 12.4. The minimum atomic E-state index is -3.86. The van der Waals surface area contributed by atoms with Gasteiger partial charge in [0.1, 0.15) is 0 Å². The monoisotopic (exact) mass is 316 g/mol. The van der Waals surface area contributed by atoms with Crippen LogP contribution in [0.2, 0.25) is 0 Å². The summed E-state index contributed by atoms with van der Waals surface area (Å²) in [6.07, 6.45) is 1.52. The van der Waals surface area contributed by atoms with Crippen LogP contribution in [0.15, 0.2) is 23.1 Å². The van der Waals surface area contributed by atoms with Crippen LogP contribution in [0.3, 0.4) is 0 Å². The summed E-state index contributed by atoms with van der Waals surface area (Å²) in [6.45, 7) is 0.806. The van der Waals surface area contributed by atoms with Crippen molar-refractivity contribution >= 4 is 15.7 Å². The van der Waals surface area contributed by atoms with Crippen molar-refractivity contribution < 1.29 is 23.2 Å². The smallest absolute Gasteiger partial charge is 0.312 e. The highest BCUT2D eigenvalue weighted by atomic mass is 32.2. The molecule has 0 radical (unpaired) electrons. The second-order valence-electron chi connectivity index (χ2n) is 4.83. The molecule has 0 amide bonds. The quantitative estimate of drug-likeness (QED) is 0.643. The summed E-state index contributed by atoms with van der Waals surface area (Å²) >= 11 is 0. The maximum Gasteiger partial charge on any atom is 0.312 e. The molecular weight excluding hydrogens is 300 g/mol. The average Bonchev–Trinajstić information content (AvgIpc) is 2.91. The van der Waals surface area contributed by atoms with E-state index in [9.17, 15) is 23.6 Å². The molecule has 1 aliphatic heterocycles. The van der Waals surface area contributed by atoms with Crippen LogP contribution in [-0.2, 0) is 14.8 Å². The molecule has 0 aliphatic carbocycles. The molecule has 1 heterocycles. The van der Waals surface area contributed by atoms with Crippen LogP contribution in [0.4, 0.5) is 5.69 Å². The van der Waals surface area contributed by atoms with Gasteiger partial charge in [-0.15, -0.1) is 0 Å². The number of rotatable bonds is 5. The lowest BCUT2D eigenvalue weighted by Crippen LogP contribution is -2.34. The molecule has 116 valence electrons. The number of sulfonamides is 1. The summed E-state index contributed by atoms with van der Waals surface area (Å²) < 4.78 is 31.2. The van der Waals surface area contributed by atoms with Gasteiger partial charge in [0.25, 0.3) is 0 Å². The zero-order valence-electron chi connectivity index (χ0n) is 11.4. The molecule has 9 heteroatoms. The van der Waals surface area contributed by atoms with Gasteiger partial charge in [0.05, 0.1) is 15.9 Å². The molecule has 0 saturated carbocycles. The van der Waals surface area contributed by atoms with Crippen LogP contribution >= 0.6 is 0 Å². The third-order valence-corrected chi connectivity index (χ3v) is 5.16. The highest BCUT2D eigenvalue weighted by Crippen LogP contribution is 2.29. The molecule has 1 unspecified atom stereocenters. The summed E-state index contributed by atoms with van der Waals surface area (Å²) in [5.41, 5.74) is -0.637. The number of benzene rings is 1. The van der Waals surface area contributed by atoms with Crippen LogP contribution in [0.5, 0.6) is 5.75 Å². The van der Waals surface area contributed by atoms with E-state index < -0.39 is 26.4 Å². The summed E-state index contributed by atoms with van der Waals surface area (Å²) in [5.74, 6) is -0.569. The number of ether oxygens (including phenoxy) is 1. The van der Waals surface area contributed by atoms with Gasteiger partial charge in [-0.1, -0.05) is 0 Å². The SMILES string of the molecule is CN(CC1CCCO1)S(=O)(=O)c1ccc(O)c([N+](=O)[O-])c1. The molecule has 0 spiro atoms. The Kier molecular flexibility index (Phi) is 4.45. The summed E-state index contributed by atoms with van der Waals surface area (Å²) in [4.78, 5) is 9.71. The molecule has 0 bridgehead atoms. The summed E-state index contributed by atoms with van der Waals surface area (Å²) in [6, 6.07) is 3.01. The van der Waals surface area contributed by atoms with Crippen LogP contribution in [0.25, 0.3) is 0 Å². The van der Waals surface area contributed by atoms with Crippen molar-refractivity contribution in [1.29, 1.82) is 0 Å². The fourth-order valence-electron chi connectivity index (χ4n) is 2.16. The molecule has 1 aliphatic rings. The largest absolute Gasteiger partial charge is 0.502 e. The second-order valence-corrected chi connectivity index (χ2v) is 6.87. The number of nitro benzene ring substituents is 1. The van der Waals surface area contributed by atoms with Gasteiger partial charge in [0.15, 0.2) is 5.75 Å². The van der Waals surface area contributed by atoms with E-state index in [-0.39, 0.29) is 17.5 Å². The van der Waals surface area contributed by atoms with Crippen LogP contribution < -0.4 is 0 Å². The predicted octanol–water partition coefficient (Wildman–Crippen LogP) is 1.10. The van der Waals surface area contributed by atoms with E-state index in [4.69, 9.17) is 4.74 Å². The fraction of sp³-hybridized carbons (Fsp3) is 0.500. The van der Waals surface area contributed by atoms with E-state index in [1.165, 1.54) is 7.05 Å². The number of nitro groups is 1. The molecule has 21 heavy (non-hydrogen) atoms. The Balaban J connectivity index is 2.26. The Hall–Kier alpha value is -1.71. The van der Waals surface area contributed by atoms with Crippen LogP contribution in [0.1, 0.15) is 12.8 Å². The normalized spacial score (nSPS) is 19.0. The Bertz CT molecular complexity index is 639. The first-order valence-corrected chi connectivity index (χ1v) is 7.81. The number of phenolic OH excluding ortho intramolecular Hbond substituents is 1. The summed E-state index contributed by atoms with van der Waals surface area (Å²) in [7, 11) is -2.46. The number of likely N-dealkylation sites (N-methyl/N-ethyl adjacent to an activating group) is 1. The van der Waals surface area contributed by atoms with Crippen molar-refractivity contribution in [2.45, 2.75) is 23.8 Å². The van der Waals surface area contributed by atoms with Crippen molar-refractivity contribution in [3.05, 3.63) is 28.3 Å².